The third-order valence-corrected chi connectivity index (χ3v) is 5.37. The van der Waals surface area contributed by atoms with Gasteiger partial charge in [-0.3, -0.25) is 15.0 Å². The zero-order chi connectivity index (χ0) is 22.9. The first-order chi connectivity index (χ1) is 14.6. The number of nitrogens with one attached hydrogen (secondary N) is 2. The monoisotopic (exact) mass is 503 g/mol. The number of amides is 1. The van der Waals surface area contributed by atoms with E-state index < -0.39 is 0 Å². The number of halogens is 1. The maximum absolute atomic E-state index is 13.0. The van der Waals surface area contributed by atoms with Gasteiger partial charge in [-0.05, 0) is 53.8 Å². The van der Waals surface area contributed by atoms with Crippen LogP contribution in [0.5, 0.6) is 11.5 Å². The molecular formula is C24H30BrN3O4. The topological polar surface area (TPSA) is 103 Å². The van der Waals surface area contributed by atoms with Crippen molar-refractivity contribution in [3.8, 4) is 11.5 Å². The number of phenols is 1. The molecule has 32 heavy (non-hydrogen) atoms. The number of hydrogen-bond donors (Lipinski definition) is 3. The van der Waals surface area contributed by atoms with E-state index >= 15 is 0 Å². The molecule has 0 bridgehead atoms. The van der Waals surface area contributed by atoms with Crippen molar-refractivity contribution in [2.75, 3.05) is 20.2 Å². The summed E-state index contributed by atoms with van der Waals surface area (Å²) >= 11 is 0. The predicted octanol–water partition coefficient (Wildman–Crippen LogP) is 4.05. The van der Waals surface area contributed by atoms with E-state index in [9.17, 15) is 14.7 Å². The van der Waals surface area contributed by atoms with Crippen LogP contribution < -0.4 is 10.1 Å². The van der Waals surface area contributed by atoms with E-state index in [0.29, 0.717) is 41.2 Å². The molecule has 2 aromatic rings. The summed E-state index contributed by atoms with van der Waals surface area (Å²) in [7, 11) is 1.55. The average Bonchev–Trinajstić information content (AvgIpc) is 3.01. The second-order valence-electron chi connectivity index (χ2n) is 8.63. The van der Waals surface area contributed by atoms with Crippen LogP contribution in [-0.2, 0) is 12.0 Å². The number of rotatable bonds is 6. The highest BCUT2D eigenvalue weighted by atomic mass is 79.9. The lowest BCUT2D eigenvalue weighted by Crippen LogP contribution is -2.30. The van der Waals surface area contributed by atoms with Gasteiger partial charge in [0.2, 0.25) is 0 Å². The number of fused-ring (bicyclic) bond motifs is 1. The Hall–Kier alpha value is -2.87. The first-order valence-electron chi connectivity index (χ1n) is 10.3. The van der Waals surface area contributed by atoms with Gasteiger partial charge in [-0.1, -0.05) is 20.8 Å². The van der Waals surface area contributed by atoms with E-state index in [-0.39, 0.29) is 52.2 Å². The van der Waals surface area contributed by atoms with Crippen LogP contribution in [0, 0.1) is 5.41 Å². The van der Waals surface area contributed by atoms with Gasteiger partial charge in [-0.2, -0.15) is 0 Å². The lowest BCUT2D eigenvalue weighted by molar-refractivity contribution is 0.0953. The maximum atomic E-state index is 13.0. The molecule has 0 unspecified atom stereocenters. The average molecular weight is 504 g/mol. The molecule has 0 aromatic heterocycles. The summed E-state index contributed by atoms with van der Waals surface area (Å²) in [6.45, 7) is 8.60. The van der Waals surface area contributed by atoms with Crippen molar-refractivity contribution < 1.29 is 19.4 Å². The summed E-state index contributed by atoms with van der Waals surface area (Å²) in [5, 5.41) is 21.3. The third-order valence-electron chi connectivity index (χ3n) is 5.37. The molecule has 8 heteroatoms. The fourth-order valence-electron chi connectivity index (χ4n) is 3.73. The van der Waals surface area contributed by atoms with Gasteiger partial charge in [0.05, 0.1) is 18.7 Å². The third kappa shape index (κ3) is 4.96. The minimum Gasteiger partial charge on any atom is -0.508 e. The standard InChI is InChI=1S/C24H29N3O4.BrH/c1-6-31-21-10-15-12-27(22(25)16(15)11-17(21)23(30)26-5)13-20(29)14-7-8-19(28)18(9-14)24(2,3)4;/h7-11,25,28H,6,12-13H2,1-5H3,(H,26,30);1H. The highest BCUT2D eigenvalue weighted by Gasteiger charge is 2.29. The first-order valence-corrected chi connectivity index (χ1v) is 10.3. The molecule has 0 saturated carbocycles. The summed E-state index contributed by atoms with van der Waals surface area (Å²) in [6.07, 6.45) is 0. The number of phenolic OH excluding ortho intramolecular Hbond substituents is 1. The molecule has 0 saturated heterocycles. The predicted molar refractivity (Wildman–Crippen MR) is 130 cm³/mol. The molecule has 0 aliphatic carbocycles. The van der Waals surface area contributed by atoms with Crippen LogP contribution in [0.15, 0.2) is 30.3 Å². The van der Waals surface area contributed by atoms with Crippen molar-refractivity contribution in [1.82, 2.24) is 10.2 Å². The summed E-state index contributed by atoms with van der Waals surface area (Å²) < 4.78 is 5.62. The number of hydrogen-bond acceptors (Lipinski definition) is 5. The molecule has 7 nitrogen and oxygen atoms in total. The zero-order valence-corrected chi connectivity index (χ0v) is 20.7. The highest BCUT2D eigenvalue weighted by molar-refractivity contribution is 8.93. The molecule has 0 radical (unpaired) electrons. The molecule has 3 rings (SSSR count). The second kappa shape index (κ2) is 9.73. The molecule has 1 amide bonds. The minimum atomic E-state index is -0.303. The molecule has 1 heterocycles. The molecule has 1 aliphatic heterocycles. The van der Waals surface area contributed by atoms with E-state index in [1.807, 2.05) is 27.7 Å². The largest absolute Gasteiger partial charge is 0.508 e. The Labute approximate surface area is 199 Å². The Morgan fingerprint density at radius 1 is 1.22 bits per heavy atom. The van der Waals surface area contributed by atoms with Crippen molar-refractivity contribution in [1.29, 1.82) is 5.41 Å². The van der Waals surface area contributed by atoms with Gasteiger partial charge in [0.1, 0.15) is 17.3 Å². The highest BCUT2D eigenvalue weighted by Crippen LogP contribution is 2.33. The van der Waals surface area contributed by atoms with E-state index in [1.54, 1.807) is 42.3 Å². The lowest BCUT2D eigenvalue weighted by atomic mass is 9.85. The van der Waals surface area contributed by atoms with Crippen LogP contribution in [0.4, 0.5) is 0 Å². The molecule has 3 N–H and O–H groups in total. The van der Waals surface area contributed by atoms with Crippen LogP contribution in [0.1, 0.15) is 65.1 Å². The van der Waals surface area contributed by atoms with Crippen molar-refractivity contribution in [2.45, 2.75) is 39.7 Å². The van der Waals surface area contributed by atoms with Gasteiger partial charge in [0.25, 0.3) is 5.91 Å². The summed E-state index contributed by atoms with van der Waals surface area (Å²) in [5.41, 5.74) is 2.73. The van der Waals surface area contributed by atoms with Crippen LogP contribution in [0.2, 0.25) is 0 Å². The van der Waals surface area contributed by atoms with Gasteiger partial charge in [-0.15, -0.1) is 17.0 Å². The number of ketones is 1. The SMILES string of the molecule is Br.CCOc1cc2c(cc1C(=O)NC)C(=N)N(CC(=O)c1ccc(O)c(C(C)(C)C)c1)C2. The smallest absolute Gasteiger partial charge is 0.254 e. The van der Waals surface area contributed by atoms with Gasteiger partial charge in [0, 0.05) is 24.7 Å². The van der Waals surface area contributed by atoms with E-state index in [2.05, 4.69) is 5.32 Å². The molecule has 2 aromatic carbocycles. The molecule has 0 spiro atoms. The Bertz CT molecular complexity index is 1060. The summed E-state index contributed by atoms with van der Waals surface area (Å²) in [4.78, 5) is 26.9. The van der Waals surface area contributed by atoms with Gasteiger partial charge in [0.15, 0.2) is 5.78 Å². The second-order valence-corrected chi connectivity index (χ2v) is 8.63. The van der Waals surface area contributed by atoms with E-state index in [4.69, 9.17) is 10.1 Å². The molecule has 1 aliphatic rings. The summed E-state index contributed by atoms with van der Waals surface area (Å²) in [6, 6.07) is 8.31. The summed E-state index contributed by atoms with van der Waals surface area (Å²) in [5.74, 6) is 0.406. The number of carbonyl (C=O) groups is 2. The number of ether oxygens (including phenoxy) is 1. The van der Waals surface area contributed by atoms with Crippen LogP contribution in [0.3, 0.4) is 0 Å². The molecule has 0 atom stereocenters. The van der Waals surface area contributed by atoms with Crippen molar-refractivity contribution in [3.05, 3.63) is 58.1 Å². The molecular weight excluding hydrogens is 474 g/mol. The molecule has 0 fully saturated rings. The van der Waals surface area contributed by atoms with Gasteiger partial charge < -0.3 is 20.1 Å². The van der Waals surface area contributed by atoms with Crippen molar-refractivity contribution in [2.24, 2.45) is 0 Å². The lowest BCUT2D eigenvalue weighted by Gasteiger charge is -2.22. The fraction of sp³-hybridized carbons (Fsp3) is 0.375. The van der Waals surface area contributed by atoms with Crippen molar-refractivity contribution >= 4 is 34.5 Å². The number of aromatic hydroxyl groups is 1. The quantitative estimate of drug-likeness (QED) is 0.516. The number of carbonyl (C=O) groups excluding carboxylic acids is 2. The number of amidine groups is 1. The zero-order valence-electron chi connectivity index (χ0n) is 19.0. The number of benzene rings is 2. The normalized spacial score (nSPS) is 12.8. The van der Waals surface area contributed by atoms with E-state index in [1.165, 1.54) is 0 Å². The minimum absolute atomic E-state index is 0. The first kappa shape index (κ1) is 25.4. The maximum Gasteiger partial charge on any atom is 0.254 e. The number of nitrogens with zero attached hydrogens (tertiary/aromatic N) is 1. The van der Waals surface area contributed by atoms with Gasteiger partial charge >= 0.3 is 0 Å². The molecule has 172 valence electrons. The van der Waals surface area contributed by atoms with E-state index in [0.717, 1.165) is 5.56 Å². The Balaban J connectivity index is 0.00000363. The fourth-order valence-corrected chi connectivity index (χ4v) is 3.73. The Morgan fingerprint density at radius 2 is 1.91 bits per heavy atom. The van der Waals surface area contributed by atoms with Gasteiger partial charge in [-0.25, -0.2) is 0 Å². The van der Waals surface area contributed by atoms with Crippen LogP contribution in [-0.4, -0.2) is 47.7 Å². The van der Waals surface area contributed by atoms with Crippen LogP contribution >= 0.6 is 17.0 Å². The van der Waals surface area contributed by atoms with Crippen molar-refractivity contribution in [3.63, 3.8) is 0 Å². The Kier molecular flexibility index (Phi) is 7.72. The van der Waals surface area contributed by atoms with Crippen LogP contribution in [0.25, 0.3) is 0 Å². The number of Topliss-reactive ketones (excluding diaryl/α,β-unsaturated/α-hetero) is 1. The Morgan fingerprint density at radius 3 is 2.50 bits per heavy atom.